The fourth-order valence-electron chi connectivity index (χ4n) is 5.97. The molecule has 104 valence electrons. The molecule has 3 fully saturated rings. The second-order valence-corrected chi connectivity index (χ2v) is 8.72. The van der Waals surface area contributed by atoms with Crippen molar-refractivity contribution in [2.45, 2.75) is 77.7 Å². The van der Waals surface area contributed by atoms with Gasteiger partial charge < -0.3 is 5.11 Å². The van der Waals surface area contributed by atoms with Gasteiger partial charge in [-0.05, 0) is 74.0 Å². The molecule has 3 aliphatic rings. The van der Waals surface area contributed by atoms with Gasteiger partial charge in [0.05, 0.1) is 5.60 Å². The first kappa shape index (κ1) is 13.0. The van der Waals surface area contributed by atoms with Crippen LogP contribution in [-0.4, -0.2) is 10.7 Å². The van der Waals surface area contributed by atoms with E-state index in [0.29, 0.717) is 11.3 Å². The Balaban J connectivity index is 1.67. The highest BCUT2D eigenvalue weighted by molar-refractivity contribution is 4.98. The first-order chi connectivity index (χ1) is 8.35. The SMILES string of the molecule is CC1CC(C)(C)CC(O)(CC2CC3CCC2C3)C1. The van der Waals surface area contributed by atoms with Gasteiger partial charge in [0.2, 0.25) is 0 Å². The third kappa shape index (κ3) is 2.48. The molecule has 0 radical (unpaired) electrons. The van der Waals surface area contributed by atoms with Crippen molar-refractivity contribution in [2.24, 2.45) is 29.1 Å². The van der Waals surface area contributed by atoms with Crippen LogP contribution >= 0.6 is 0 Å². The molecule has 5 atom stereocenters. The van der Waals surface area contributed by atoms with Crippen LogP contribution in [-0.2, 0) is 0 Å². The van der Waals surface area contributed by atoms with Crippen LogP contribution in [0.4, 0.5) is 0 Å². The molecular formula is C17H30O. The lowest BCUT2D eigenvalue weighted by atomic mass is 9.63. The van der Waals surface area contributed by atoms with Gasteiger partial charge in [0.25, 0.3) is 0 Å². The van der Waals surface area contributed by atoms with Crippen LogP contribution < -0.4 is 0 Å². The Hall–Kier alpha value is -0.0400. The highest BCUT2D eigenvalue weighted by Crippen LogP contribution is 2.54. The van der Waals surface area contributed by atoms with Crippen LogP contribution in [0.1, 0.15) is 72.1 Å². The van der Waals surface area contributed by atoms with Crippen LogP contribution in [0.2, 0.25) is 0 Å². The molecule has 0 aromatic carbocycles. The normalized spacial score (nSPS) is 50.7. The zero-order valence-corrected chi connectivity index (χ0v) is 12.4. The summed E-state index contributed by atoms with van der Waals surface area (Å²) in [6, 6.07) is 0. The van der Waals surface area contributed by atoms with Gasteiger partial charge in [-0.3, -0.25) is 0 Å². The lowest BCUT2D eigenvalue weighted by Crippen LogP contribution is -2.43. The molecule has 5 unspecified atom stereocenters. The molecule has 3 saturated carbocycles. The van der Waals surface area contributed by atoms with Crippen LogP contribution in [0, 0.1) is 29.1 Å². The summed E-state index contributed by atoms with van der Waals surface area (Å²) in [5.41, 5.74) is -0.0135. The van der Waals surface area contributed by atoms with Crippen LogP contribution in [0.3, 0.4) is 0 Å². The Morgan fingerprint density at radius 2 is 1.89 bits per heavy atom. The van der Waals surface area contributed by atoms with Crippen molar-refractivity contribution in [3.63, 3.8) is 0 Å². The fourth-order valence-corrected chi connectivity index (χ4v) is 5.97. The molecule has 2 bridgehead atoms. The van der Waals surface area contributed by atoms with Gasteiger partial charge in [-0.15, -0.1) is 0 Å². The van der Waals surface area contributed by atoms with Crippen LogP contribution in [0.25, 0.3) is 0 Å². The number of rotatable bonds is 2. The Bertz CT molecular complexity index is 322. The van der Waals surface area contributed by atoms with Gasteiger partial charge in [-0.25, -0.2) is 0 Å². The van der Waals surface area contributed by atoms with Crippen LogP contribution in [0.5, 0.6) is 0 Å². The summed E-state index contributed by atoms with van der Waals surface area (Å²) < 4.78 is 0. The minimum Gasteiger partial charge on any atom is -0.390 e. The number of hydrogen-bond donors (Lipinski definition) is 1. The molecule has 3 rings (SSSR count). The summed E-state index contributed by atoms with van der Waals surface area (Å²) in [5, 5.41) is 11.1. The van der Waals surface area contributed by atoms with E-state index < -0.39 is 0 Å². The molecule has 0 aromatic heterocycles. The highest BCUT2D eigenvalue weighted by atomic mass is 16.3. The topological polar surface area (TPSA) is 20.2 Å². The van der Waals surface area contributed by atoms with Crippen molar-refractivity contribution in [3.8, 4) is 0 Å². The summed E-state index contributed by atoms with van der Waals surface area (Å²) in [5.74, 6) is 3.50. The molecule has 0 aliphatic heterocycles. The molecule has 0 aromatic rings. The standard InChI is InChI=1S/C17H30O/c1-12-8-16(2,3)11-17(18,9-12)10-15-7-13-4-5-14(15)6-13/h12-15,18H,4-11H2,1-3H3. The maximum absolute atomic E-state index is 11.1. The van der Waals surface area contributed by atoms with Crippen molar-refractivity contribution in [1.29, 1.82) is 0 Å². The summed E-state index contributed by atoms with van der Waals surface area (Å²) in [4.78, 5) is 0. The Labute approximate surface area is 112 Å². The molecule has 0 saturated heterocycles. The first-order valence-electron chi connectivity index (χ1n) is 8.08. The van der Waals surface area contributed by atoms with Crippen molar-refractivity contribution in [2.75, 3.05) is 0 Å². The van der Waals surface area contributed by atoms with Gasteiger partial charge in [0.1, 0.15) is 0 Å². The largest absolute Gasteiger partial charge is 0.390 e. The summed E-state index contributed by atoms with van der Waals surface area (Å²) in [7, 11) is 0. The van der Waals surface area contributed by atoms with E-state index >= 15 is 0 Å². The second kappa shape index (κ2) is 4.23. The van der Waals surface area contributed by atoms with Gasteiger partial charge in [-0.1, -0.05) is 27.2 Å². The molecule has 0 amide bonds. The minimum atomic E-state index is -0.351. The monoisotopic (exact) mass is 250 g/mol. The third-order valence-corrected chi connectivity index (χ3v) is 5.96. The number of fused-ring (bicyclic) bond motifs is 2. The van der Waals surface area contributed by atoms with Crippen LogP contribution in [0.15, 0.2) is 0 Å². The molecule has 1 nitrogen and oxygen atoms in total. The van der Waals surface area contributed by atoms with E-state index in [1.165, 1.54) is 32.1 Å². The molecule has 1 N–H and O–H groups in total. The quantitative estimate of drug-likeness (QED) is 0.770. The average molecular weight is 250 g/mol. The molecule has 3 aliphatic carbocycles. The Morgan fingerprint density at radius 1 is 1.11 bits per heavy atom. The Kier molecular flexibility index (Phi) is 3.05. The van der Waals surface area contributed by atoms with E-state index in [1.54, 1.807) is 0 Å². The third-order valence-electron chi connectivity index (χ3n) is 5.96. The van der Waals surface area contributed by atoms with Gasteiger partial charge >= 0.3 is 0 Å². The lowest BCUT2D eigenvalue weighted by molar-refractivity contribution is -0.0774. The van der Waals surface area contributed by atoms with E-state index in [-0.39, 0.29) is 5.60 Å². The van der Waals surface area contributed by atoms with E-state index in [9.17, 15) is 5.11 Å². The summed E-state index contributed by atoms with van der Waals surface area (Å²) in [6.45, 7) is 7.01. The van der Waals surface area contributed by atoms with Gasteiger partial charge in [0.15, 0.2) is 0 Å². The first-order valence-corrected chi connectivity index (χ1v) is 8.08. The molecule has 18 heavy (non-hydrogen) atoms. The maximum atomic E-state index is 11.1. The van der Waals surface area contributed by atoms with Crippen molar-refractivity contribution < 1.29 is 5.11 Å². The lowest BCUT2D eigenvalue weighted by Gasteiger charge is -2.46. The van der Waals surface area contributed by atoms with E-state index in [4.69, 9.17) is 0 Å². The molecule has 1 heteroatoms. The maximum Gasteiger partial charge on any atom is 0.0658 e. The highest BCUT2D eigenvalue weighted by Gasteiger charge is 2.47. The van der Waals surface area contributed by atoms with Crippen molar-refractivity contribution in [3.05, 3.63) is 0 Å². The van der Waals surface area contributed by atoms with Crippen molar-refractivity contribution in [1.82, 2.24) is 0 Å². The van der Waals surface area contributed by atoms with E-state index in [2.05, 4.69) is 20.8 Å². The fraction of sp³-hybridized carbons (Fsp3) is 1.00. The van der Waals surface area contributed by atoms with E-state index in [0.717, 1.165) is 37.0 Å². The summed E-state index contributed by atoms with van der Waals surface area (Å²) >= 11 is 0. The summed E-state index contributed by atoms with van der Waals surface area (Å²) in [6.07, 6.45) is 10.3. The number of aliphatic hydroxyl groups is 1. The van der Waals surface area contributed by atoms with Gasteiger partial charge in [0, 0.05) is 0 Å². The molecule has 0 heterocycles. The van der Waals surface area contributed by atoms with E-state index in [1.807, 2.05) is 0 Å². The predicted molar refractivity (Wildman–Crippen MR) is 75.3 cm³/mol. The molecular weight excluding hydrogens is 220 g/mol. The minimum absolute atomic E-state index is 0.337. The smallest absolute Gasteiger partial charge is 0.0658 e. The molecule has 0 spiro atoms. The second-order valence-electron chi connectivity index (χ2n) is 8.72. The Morgan fingerprint density at radius 3 is 2.44 bits per heavy atom. The zero-order valence-electron chi connectivity index (χ0n) is 12.4. The number of hydrogen-bond acceptors (Lipinski definition) is 1. The zero-order chi connectivity index (χ0) is 13.0. The average Bonchev–Trinajstić information content (AvgIpc) is 2.73. The van der Waals surface area contributed by atoms with Gasteiger partial charge in [-0.2, -0.15) is 0 Å². The predicted octanol–water partition coefficient (Wildman–Crippen LogP) is 4.39. The van der Waals surface area contributed by atoms with Crippen molar-refractivity contribution >= 4 is 0 Å².